The van der Waals surface area contributed by atoms with Gasteiger partial charge in [0.1, 0.15) is 11.9 Å². The van der Waals surface area contributed by atoms with Crippen LogP contribution in [0, 0.1) is 5.92 Å². The first kappa shape index (κ1) is 19.6. The third-order valence-corrected chi connectivity index (χ3v) is 6.32. The van der Waals surface area contributed by atoms with Gasteiger partial charge in [0, 0.05) is 17.9 Å². The summed E-state index contributed by atoms with van der Waals surface area (Å²) in [5.41, 5.74) is 0.520. The third kappa shape index (κ3) is 4.16. The lowest BCUT2D eigenvalue weighted by atomic mass is 10.0. The molecule has 1 aromatic heterocycles. The van der Waals surface area contributed by atoms with Crippen molar-refractivity contribution in [1.29, 1.82) is 0 Å². The molecule has 1 fully saturated rings. The van der Waals surface area contributed by atoms with E-state index >= 15 is 0 Å². The Bertz CT molecular complexity index is 1060. The summed E-state index contributed by atoms with van der Waals surface area (Å²) in [6.07, 6.45) is 2.26. The van der Waals surface area contributed by atoms with E-state index in [2.05, 4.69) is 25.2 Å². The fourth-order valence-electron chi connectivity index (χ4n) is 3.16. The number of nitrogens with zero attached hydrogens (tertiary/aromatic N) is 3. The molecule has 1 amide bonds. The number of hydrogen-bond acceptors (Lipinski definition) is 7. The number of aliphatic imine (C=N–C) groups is 1. The lowest BCUT2D eigenvalue weighted by Gasteiger charge is -2.18. The van der Waals surface area contributed by atoms with E-state index in [1.165, 1.54) is 6.07 Å². The van der Waals surface area contributed by atoms with E-state index in [0.717, 1.165) is 12.8 Å². The smallest absolute Gasteiger partial charge is 0.263 e. The summed E-state index contributed by atoms with van der Waals surface area (Å²) in [6.45, 7) is 4.09. The number of carbonyl (C=O) groups excluding carboxylic acids is 1. The standard InChI is InChI=1S/C19H23N5O4S/c1-11(2)16(19-22-17(23-28-19)12-7-8-12)21-15(25)9-10-20-18-13-5-3-4-6-14(13)29(26,27)24-18/h3-6,11-12,16H,7-10H2,1-2H3,(H,20,24)(H,21,25). The molecule has 0 spiro atoms. The molecule has 2 N–H and O–H groups in total. The van der Waals surface area contributed by atoms with Crippen molar-refractivity contribution in [3.8, 4) is 0 Å². The molecule has 2 aliphatic rings. The molecule has 1 saturated carbocycles. The van der Waals surface area contributed by atoms with Gasteiger partial charge in [-0.1, -0.05) is 31.1 Å². The van der Waals surface area contributed by atoms with Crippen LogP contribution in [0.2, 0.25) is 0 Å². The van der Waals surface area contributed by atoms with E-state index in [9.17, 15) is 13.2 Å². The van der Waals surface area contributed by atoms with Crippen LogP contribution in [0.1, 0.15) is 62.3 Å². The lowest BCUT2D eigenvalue weighted by Crippen LogP contribution is -2.32. The van der Waals surface area contributed by atoms with Crippen molar-refractivity contribution in [2.45, 2.75) is 50.0 Å². The Morgan fingerprint density at radius 1 is 1.34 bits per heavy atom. The summed E-state index contributed by atoms with van der Waals surface area (Å²) in [6, 6.07) is 6.25. The van der Waals surface area contributed by atoms with Gasteiger partial charge in [0.15, 0.2) is 5.82 Å². The molecular weight excluding hydrogens is 394 g/mol. The highest BCUT2D eigenvalue weighted by molar-refractivity contribution is 7.90. The molecule has 4 rings (SSSR count). The summed E-state index contributed by atoms with van der Waals surface area (Å²) in [7, 11) is -3.58. The average molecular weight is 417 g/mol. The van der Waals surface area contributed by atoms with Crippen LogP contribution in [0.3, 0.4) is 0 Å². The van der Waals surface area contributed by atoms with Gasteiger partial charge in [-0.3, -0.25) is 14.5 Å². The van der Waals surface area contributed by atoms with Crippen LogP contribution in [-0.2, 0) is 14.8 Å². The van der Waals surface area contributed by atoms with Crippen LogP contribution in [0.4, 0.5) is 0 Å². The van der Waals surface area contributed by atoms with Crippen molar-refractivity contribution in [1.82, 2.24) is 20.2 Å². The number of rotatable bonds is 7. The molecular formula is C19H23N5O4S. The molecule has 154 valence electrons. The summed E-state index contributed by atoms with van der Waals surface area (Å²) in [5.74, 6) is 1.63. The quantitative estimate of drug-likeness (QED) is 0.708. The van der Waals surface area contributed by atoms with Crippen molar-refractivity contribution >= 4 is 21.8 Å². The van der Waals surface area contributed by atoms with Gasteiger partial charge in [-0.25, -0.2) is 8.42 Å². The number of benzene rings is 1. The highest BCUT2D eigenvalue weighted by Crippen LogP contribution is 2.38. The second kappa shape index (κ2) is 7.58. The normalized spacial score (nSPS) is 19.8. The Morgan fingerprint density at radius 3 is 2.83 bits per heavy atom. The minimum atomic E-state index is -3.58. The van der Waals surface area contributed by atoms with Crippen LogP contribution in [-0.4, -0.2) is 36.8 Å². The van der Waals surface area contributed by atoms with E-state index in [1.807, 2.05) is 13.8 Å². The van der Waals surface area contributed by atoms with Gasteiger partial charge < -0.3 is 9.84 Å². The van der Waals surface area contributed by atoms with Gasteiger partial charge in [0.2, 0.25) is 11.8 Å². The van der Waals surface area contributed by atoms with E-state index < -0.39 is 10.0 Å². The number of amides is 1. The Kier molecular flexibility index (Phi) is 5.12. The SMILES string of the molecule is CC(C)C(NC(=O)CCN=C1NS(=O)(=O)c2ccccc21)c1nc(C2CC2)no1. The minimum Gasteiger partial charge on any atom is -0.344 e. The highest BCUT2D eigenvalue weighted by Gasteiger charge is 2.32. The fraction of sp³-hybridized carbons (Fsp3) is 0.474. The van der Waals surface area contributed by atoms with Crippen LogP contribution >= 0.6 is 0 Å². The van der Waals surface area contributed by atoms with Crippen LogP contribution in [0.15, 0.2) is 38.7 Å². The molecule has 1 aromatic carbocycles. The molecule has 2 heterocycles. The molecule has 2 aromatic rings. The number of fused-ring (bicyclic) bond motifs is 1. The van der Waals surface area contributed by atoms with E-state index in [1.54, 1.807) is 18.2 Å². The Hall–Kier alpha value is -2.75. The zero-order chi connectivity index (χ0) is 20.6. The van der Waals surface area contributed by atoms with Crippen LogP contribution in [0.25, 0.3) is 0 Å². The summed E-state index contributed by atoms with van der Waals surface area (Å²) in [4.78, 5) is 21.3. The molecule has 0 bridgehead atoms. The van der Waals surface area contributed by atoms with Crippen molar-refractivity contribution in [3.05, 3.63) is 41.5 Å². The minimum absolute atomic E-state index is 0.0753. The average Bonchev–Trinajstić information content (AvgIpc) is 3.36. The molecule has 29 heavy (non-hydrogen) atoms. The molecule has 1 aliphatic carbocycles. The Morgan fingerprint density at radius 2 is 2.10 bits per heavy atom. The molecule has 1 atom stereocenters. The zero-order valence-electron chi connectivity index (χ0n) is 16.3. The number of nitrogens with one attached hydrogen (secondary N) is 2. The second-order valence-electron chi connectivity index (χ2n) is 7.64. The van der Waals surface area contributed by atoms with Gasteiger partial charge in [-0.2, -0.15) is 4.98 Å². The first-order valence-electron chi connectivity index (χ1n) is 9.64. The maximum Gasteiger partial charge on any atom is 0.263 e. The van der Waals surface area contributed by atoms with Crippen molar-refractivity contribution in [2.24, 2.45) is 10.9 Å². The second-order valence-corrected chi connectivity index (χ2v) is 9.29. The summed E-state index contributed by atoms with van der Waals surface area (Å²) in [5, 5.41) is 6.94. The van der Waals surface area contributed by atoms with E-state index in [4.69, 9.17) is 4.52 Å². The van der Waals surface area contributed by atoms with Gasteiger partial charge in [-0.15, -0.1) is 0 Å². The number of sulfonamides is 1. The Balaban J connectivity index is 1.38. The Labute approximate surface area is 169 Å². The maximum atomic E-state index is 12.4. The van der Waals surface area contributed by atoms with Crippen molar-refractivity contribution in [2.75, 3.05) is 6.54 Å². The highest BCUT2D eigenvalue weighted by atomic mass is 32.2. The topological polar surface area (TPSA) is 127 Å². The first-order chi connectivity index (χ1) is 13.8. The summed E-state index contributed by atoms with van der Waals surface area (Å²) < 4.78 is 32.0. The van der Waals surface area contributed by atoms with Crippen molar-refractivity contribution in [3.63, 3.8) is 0 Å². The fourth-order valence-corrected chi connectivity index (χ4v) is 4.41. The van der Waals surface area contributed by atoms with Gasteiger partial charge in [0.05, 0.1) is 11.4 Å². The lowest BCUT2D eigenvalue weighted by molar-refractivity contribution is -0.122. The molecule has 9 nitrogen and oxygen atoms in total. The van der Waals surface area contributed by atoms with E-state index in [-0.39, 0.29) is 41.6 Å². The van der Waals surface area contributed by atoms with Gasteiger partial charge in [0.25, 0.3) is 10.0 Å². The molecule has 1 unspecified atom stereocenters. The number of carbonyl (C=O) groups is 1. The monoisotopic (exact) mass is 417 g/mol. The molecule has 10 heteroatoms. The predicted octanol–water partition coefficient (Wildman–Crippen LogP) is 1.89. The number of amidine groups is 1. The number of aromatic nitrogens is 2. The first-order valence-corrected chi connectivity index (χ1v) is 11.1. The zero-order valence-corrected chi connectivity index (χ0v) is 17.1. The summed E-state index contributed by atoms with van der Waals surface area (Å²) >= 11 is 0. The maximum absolute atomic E-state index is 12.4. The largest absolute Gasteiger partial charge is 0.344 e. The van der Waals surface area contributed by atoms with Gasteiger partial charge >= 0.3 is 0 Å². The molecule has 1 aliphatic heterocycles. The van der Waals surface area contributed by atoms with Crippen LogP contribution in [0.5, 0.6) is 0 Å². The van der Waals surface area contributed by atoms with Crippen LogP contribution < -0.4 is 10.0 Å². The molecule has 0 saturated heterocycles. The third-order valence-electron chi connectivity index (χ3n) is 4.92. The van der Waals surface area contributed by atoms with E-state index in [0.29, 0.717) is 23.2 Å². The van der Waals surface area contributed by atoms with Gasteiger partial charge in [-0.05, 0) is 30.9 Å². The predicted molar refractivity (Wildman–Crippen MR) is 105 cm³/mol. The number of hydrogen-bond donors (Lipinski definition) is 2. The molecule has 0 radical (unpaired) electrons. The van der Waals surface area contributed by atoms with Crippen molar-refractivity contribution < 1.29 is 17.7 Å².